The highest BCUT2D eigenvalue weighted by molar-refractivity contribution is 7.10. The Morgan fingerprint density at radius 1 is 1.06 bits per heavy atom. The molecule has 0 atom stereocenters. The van der Waals surface area contributed by atoms with Gasteiger partial charge in [0, 0.05) is 23.9 Å². The van der Waals surface area contributed by atoms with Crippen LogP contribution < -0.4 is 10.6 Å². The second-order valence-corrected chi connectivity index (χ2v) is 9.35. The van der Waals surface area contributed by atoms with Gasteiger partial charge in [-0.15, -0.1) is 21.5 Å². The predicted molar refractivity (Wildman–Crippen MR) is 127 cm³/mol. The van der Waals surface area contributed by atoms with Crippen molar-refractivity contribution in [2.24, 2.45) is 12.0 Å². The van der Waals surface area contributed by atoms with E-state index in [1.807, 2.05) is 35.9 Å². The molecule has 0 unspecified atom stereocenters. The van der Waals surface area contributed by atoms with Crippen molar-refractivity contribution in [1.29, 1.82) is 0 Å². The van der Waals surface area contributed by atoms with Crippen LogP contribution in [0, 0.1) is 6.92 Å². The lowest BCUT2D eigenvalue weighted by Gasteiger charge is -2.37. The zero-order chi connectivity index (χ0) is 21.5. The number of hydrogen-bond acceptors (Lipinski definition) is 4. The zero-order valence-corrected chi connectivity index (χ0v) is 19.3. The molecule has 1 fully saturated rings. The predicted octanol–water partition coefficient (Wildman–Crippen LogP) is 4.32. The summed E-state index contributed by atoms with van der Waals surface area (Å²) in [4.78, 5) is 6.37. The average Bonchev–Trinajstić information content (AvgIpc) is 3.46. The van der Waals surface area contributed by atoms with Crippen molar-refractivity contribution in [1.82, 2.24) is 25.4 Å². The van der Waals surface area contributed by atoms with E-state index >= 15 is 0 Å². The molecule has 0 bridgehead atoms. The Bertz CT molecular complexity index is 971. The van der Waals surface area contributed by atoms with Crippen molar-refractivity contribution in [2.75, 3.05) is 6.54 Å². The molecule has 2 N–H and O–H groups in total. The van der Waals surface area contributed by atoms with Crippen LogP contribution in [0.15, 0.2) is 52.8 Å². The number of hydrogen-bond donors (Lipinski definition) is 2. The van der Waals surface area contributed by atoms with Crippen molar-refractivity contribution in [3.63, 3.8) is 0 Å². The highest BCUT2D eigenvalue weighted by Crippen LogP contribution is 2.41. The fourth-order valence-electron chi connectivity index (χ4n) is 4.27. The summed E-state index contributed by atoms with van der Waals surface area (Å²) in [5, 5.41) is 17.8. The summed E-state index contributed by atoms with van der Waals surface area (Å²) >= 11 is 1.88. The van der Waals surface area contributed by atoms with E-state index in [9.17, 15) is 0 Å². The van der Waals surface area contributed by atoms with Gasteiger partial charge in [0.1, 0.15) is 5.82 Å². The van der Waals surface area contributed by atoms with Crippen LogP contribution in [0.5, 0.6) is 0 Å². The van der Waals surface area contributed by atoms with Crippen LogP contribution >= 0.6 is 11.3 Å². The molecule has 1 saturated carbocycles. The molecule has 164 valence electrons. The third-order valence-electron chi connectivity index (χ3n) is 6.31. The molecule has 1 aromatic carbocycles. The second kappa shape index (κ2) is 10.1. The largest absolute Gasteiger partial charge is 0.355 e. The maximum atomic E-state index is 4.88. The second-order valence-electron chi connectivity index (χ2n) is 8.40. The number of guanidine groups is 1. The highest BCUT2D eigenvalue weighted by atomic mass is 32.1. The van der Waals surface area contributed by atoms with E-state index in [4.69, 9.17) is 4.99 Å². The molecule has 4 rings (SSSR count). The number of benzene rings is 1. The first kappa shape index (κ1) is 21.6. The van der Waals surface area contributed by atoms with Crippen molar-refractivity contribution in [3.8, 4) is 0 Å². The van der Waals surface area contributed by atoms with E-state index in [0.717, 1.165) is 24.2 Å². The van der Waals surface area contributed by atoms with Gasteiger partial charge in [0.15, 0.2) is 11.8 Å². The molecule has 0 radical (unpaired) electrons. The van der Waals surface area contributed by atoms with Gasteiger partial charge >= 0.3 is 0 Å². The van der Waals surface area contributed by atoms with Crippen molar-refractivity contribution in [3.05, 3.63) is 69.9 Å². The Balaban J connectivity index is 1.49. The summed E-state index contributed by atoms with van der Waals surface area (Å²) in [6, 6.07) is 14.9. The Kier molecular flexibility index (Phi) is 7.02. The van der Waals surface area contributed by atoms with Crippen LogP contribution in [0.1, 0.15) is 54.2 Å². The molecule has 1 aliphatic carbocycles. The summed E-state index contributed by atoms with van der Waals surface area (Å²) in [5.74, 6) is 2.63. The number of aryl methyl sites for hydroxylation is 1. The standard InChI is InChI=1S/C24H32N6S/c1-19-28-29-22(30(19)2)17-26-23(25-16-20-10-5-3-6-11-20)27-18-24(13-7-4-8-14-24)21-12-9-15-31-21/h3,5-6,9-12,15H,4,7-8,13-14,16-18H2,1-2H3,(H2,25,26,27). The molecule has 0 spiro atoms. The molecule has 0 aliphatic heterocycles. The Labute approximate surface area is 188 Å². The van der Waals surface area contributed by atoms with Gasteiger partial charge in [-0.05, 0) is 36.8 Å². The minimum absolute atomic E-state index is 0.197. The Morgan fingerprint density at radius 2 is 1.87 bits per heavy atom. The van der Waals surface area contributed by atoms with Crippen LogP contribution in [-0.4, -0.2) is 27.3 Å². The number of thiophene rings is 1. The van der Waals surface area contributed by atoms with Gasteiger partial charge in [-0.25, -0.2) is 4.99 Å². The first-order chi connectivity index (χ1) is 15.2. The summed E-state index contributed by atoms with van der Waals surface area (Å²) in [7, 11) is 1.99. The van der Waals surface area contributed by atoms with E-state index in [-0.39, 0.29) is 5.41 Å². The monoisotopic (exact) mass is 436 g/mol. The fourth-order valence-corrected chi connectivity index (χ4v) is 5.26. The lowest BCUT2D eigenvalue weighted by atomic mass is 9.73. The van der Waals surface area contributed by atoms with Gasteiger partial charge in [-0.2, -0.15) is 0 Å². The van der Waals surface area contributed by atoms with Gasteiger partial charge in [0.25, 0.3) is 0 Å². The highest BCUT2D eigenvalue weighted by Gasteiger charge is 2.34. The summed E-state index contributed by atoms with van der Waals surface area (Å²) < 4.78 is 2.01. The van der Waals surface area contributed by atoms with Gasteiger partial charge in [0.05, 0.1) is 13.1 Å². The van der Waals surface area contributed by atoms with Gasteiger partial charge in [0.2, 0.25) is 0 Å². The van der Waals surface area contributed by atoms with Crippen LogP contribution in [0.3, 0.4) is 0 Å². The zero-order valence-electron chi connectivity index (χ0n) is 18.5. The van der Waals surface area contributed by atoms with E-state index in [1.165, 1.54) is 42.5 Å². The van der Waals surface area contributed by atoms with Gasteiger partial charge in [-0.3, -0.25) is 0 Å². The quantitative estimate of drug-likeness (QED) is 0.427. The van der Waals surface area contributed by atoms with Gasteiger partial charge < -0.3 is 15.2 Å². The normalized spacial score (nSPS) is 16.3. The minimum atomic E-state index is 0.197. The first-order valence-electron chi connectivity index (χ1n) is 11.1. The third-order valence-corrected chi connectivity index (χ3v) is 7.42. The fraction of sp³-hybridized carbons (Fsp3) is 0.458. The molecule has 31 heavy (non-hydrogen) atoms. The Hall–Kier alpha value is -2.67. The smallest absolute Gasteiger partial charge is 0.192 e. The summed E-state index contributed by atoms with van der Waals surface area (Å²) in [6.45, 7) is 4.09. The number of aliphatic imine (C=N–C) groups is 1. The van der Waals surface area contributed by atoms with E-state index < -0.39 is 0 Å². The van der Waals surface area contributed by atoms with Crippen molar-refractivity contribution in [2.45, 2.75) is 57.5 Å². The molecule has 0 saturated heterocycles. The van der Waals surface area contributed by atoms with Crippen LogP contribution in [-0.2, 0) is 25.6 Å². The number of rotatable bonds is 7. The van der Waals surface area contributed by atoms with E-state index in [2.05, 4.69) is 62.6 Å². The van der Waals surface area contributed by atoms with Crippen LogP contribution in [0.25, 0.3) is 0 Å². The minimum Gasteiger partial charge on any atom is -0.355 e. The van der Waals surface area contributed by atoms with E-state index in [1.54, 1.807) is 0 Å². The maximum Gasteiger partial charge on any atom is 0.192 e. The van der Waals surface area contributed by atoms with Gasteiger partial charge in [-0.1, -0.05) is 55.7 Å². The molecule has 7 heteroatoms. The molecular formula is C24H32N6S. The molecule has 3 aromatic rings. The summed E-state index contributed by atoms with van der Waals surface area (Å²) in [5.41, 5.74) is 1.40. The molecule has 2 heterocycles. The van der Waals surface area contributed by atoms with Crippen molar-refractivity contribution < 1.29 is 0 Å². The van der Waals surface area contributed by atoms with Crippen molar-refractivity contribution >= 4 is 17.3 Å². The number of nitrogens with one attached hydrogen (secondary N) is 2. The Morgan fingerprint density at radius 3 is 2.55 bits per heavy atom. The molecule has 0 amide bonds. The molecule has 6 nitrogen and oxygen atoms in total. The summed E-state index contributed by atoms with van der Waals surface area (Å²) in [6.07, 6.45) is 6.39. The topological polar surface area (TPSA) is 67.1 Å². The first-order valence-corrected chi connectivity index (χ1v) is 12.0. The third kappa shape index (κ3) is 5.34. The van der Waals surface area contributed by atoms with Crippen LogP contribution in [0.4, 0.5) is 0 Å². The maximum absolute atomic E-state index is 4.88. The molecule has 2 aromatic heterocycles. The molecule has 1 aliphatic rings. The van der Waals surface area contributed by atoms with E-state index in [0.29, 0.717) is 13.1 Å². The van der Waals surface area contributed by atoms with Crippen LogP contribution in [0.2, 0.25) is 0 Å². The average molecular weight is 437 g/mol. The molecular weight excluding hydrogens is 404 g/mol. The number of nitrogens with zero attached hydrogens (tertiary/aromatic N) is 4. The lowest BCUT2D eigenvalue weighted by molar-refractivity contribution is 0.296. The number of aromatic nitrogens is 3. The SMILES string of the molecule is Cc1nnc(CNC(=NCc2ccccc2)NCC2(c3cccs3)CCCCC2)n1C. The lowest BCUT2D eigenvalue weighted by Crippen LogP contribution is -2.46.